The molecular weight excluding hydrogens is 348 g/mol. The van der Waals surface area contributed by atoms with Gasteiger partial charge in [0.05, 0.1) is 10.7 Å². The molecule has 0 spiro atoms. The van der Waals surface area contributed by atoms with Crippen LogP contribution in [0.4, 0.5) is 0 Å². The summed E-state index contributed by atoms with van der Waals surface area (Å²) in [6.07, 6.45) is 1.61. The van der Waals surface area contributed by atoms with Crippen LogP contribution in [0.5, 0.6) is 23.0 Å². The molecule has 0 amide bonds. The molecule has 0 atom stereocenters. The second kappa shape index (κ2) is 5.73. The van der Waals surface area contributed by atoms with E-state index in [1.54, 1.807) is 12.3 Å². The number of phenols is 2. The highest BCUT2D eigenvalue weighted by atomic mass is 79.9. The standard InChI is InChI=1S/C16H13BrN2O3/c1-9-3-2-4-10(5-9)22-15-8-18-19-16(15)11-6-12(17)14(21)7-13(11)20/h2-8,20-21H,1H3,(H,18,19). The van der Waals surface area contributed by atoms with Gasteiger partial charge in [-0.25, -0.2) is 0 Å². The highest BCUT2D eigenvalue weighted by Gasteiger charge is 2.16. The van der Waals surface area contributed by atoms with Crippen LogP contribution in [0.3, 0.4) is 0 Å². The smallest absolute Gasteiger partial charge is 0.173 e. The zero-order valence-corrected chi connectivity index (χ0v) is 13.3. The number of H-pyrrole nitrogens is 1. The van der Waals surface area contributed by atoms with Crippen LogP contribution in [-0.4, -0.2) is 20.4 Å². The highest BCUT2D eigenvalue weighted by Crippen LogP contribution is 2.40. The van der Waals surface area contributed by atoms with Gasteiger partial charge < -0.3 is 14.9 Å². The van der Waals surface area contributed by atoms with Crippen molar-refractivity contribution >= 4 is 15.9 Å². The first-order valence-electron chi connectivity index (χ1n) is 6.55. The van der Waals surface area contributed by atoms with Gasteiger partial charge in [0.15, 0.2) is 5.75 Å². The summed E-state index contributed by atoms with van der Waals surface area (Å²) < 4.78 is 6.29. The van der Waals surface area contributed by atoms with Gasteiger partial charge >= 0.3 is 0 Å². The number of phenolic OH excluding ortho intramolecular Hbond substituents is 2. The van der Waals surface area contributed by atoms with Crippen LogP contribution in [0.25, 0.3) is 11.3 Å². The number of nitrogens with one attached hydrogen (secondary N) is 1. The van der Waals surface area contributed by atoms with Crippen molar-refractivity contribution in [1.29, 1.82) is 0 Å². The third-order valence-electron chi connectivity index (χ3n) is 3.14. The molecule has 1 heterocycles. The van der Waals surface area contributed by atoms with Gasteiger partial charge in [-0.1, -0.05) is 12.1 Å². The maximum Gasteiger partial charge on any atom is 0.173 e. The molecule has 0 unspecified atom stereocenters. The van der Waals surface area contributed by atoms with Gasteiger partial charge in [-0.2, -0.15) is 5.10 Å². The Labute approximate surface area is 135 Å². The van der Waals surface area contributed by atoms with Crippen LogP contribution in [0.15, 0.2) is 47.1 Å². The molecule has 0 aliphatic heterocycles. The summed E-state index contributed by atoms with van der Waals surface area (Å²) in [4.78, 5) is 0. The quantitative estimate of drug-likeness (QED) is 0.648. The predicted octanol–water partition coefficient (Wildman–Crippen LogP) is 4.35. The summed E-state index contributed by atoms with van der Waals surface area (Å²) in [6, 6.07) is 10.5. The summed E-state index contributed by atoms with van der Waals surface area (Å²) >= 11 is 3.23. The molecule has 3 aromatic rings. The predicted molar refractivity (Wildman–Crippen MR) is 86.3 cm³/mol. The summed E-state index contributed by atoms with van der Waals surface area (Å²) in [6.45, 7) is 1.98. The first kappa shape index (κ1) is 14.5. The van der Waals surface area contributed by atoms with Gasteiger partial charge in [-0.05, 0) is 46.6 Å². The molecule has 22 heavy (non-hydrogen) atoms. The van der Waals surface area contributed by atoms with Crippen molar-refractivity contribution in [2.45, 2.75) is 6.92 Å². The number of hydrogen-bond acceptors (Lipinski definition) is 4. The van der Waals surface area contributed by atoms with Crippen LogP contribution in [0, 0.1) is 6.92 Å². The fraction of sp³-hybridized carbons (Fsp3) is 0.0625. The fourth-order valence-corrected chi connectivity index (χ4v) is 2.44. The van der Waals surface area contributed by atoms with Crippen LogP contribution < -0.4 is 4.74 Å². The number of aromatic amines is 1. The second-order valence-electron chi connectivity index (χ2n) is 4.84. The number of ether oxygens (including phenoxy) is 1. The van der Waals surface area contributed by atoms with E-state index >= 15 is 0 Å². The average molecular weight is 361 g/mol. The fourth-order valence-electron chi connectivity index (χ4n) is 2.10. The first-order chi connectivity index (χ1) is 10.5. The molecule has 0 aliphatic carbocycles. The lowest BCUT2D eigenvalue weighted by molar-refractivity contribution is 0.448. The van der Waals surface area contributed by atoms with Gasteiger partial charge in [0, 0.05) is 11.6 Å². The number of aromatic hydroxyl groups is 2. The Morgan fingerprint density at radius 1 is 1.14 bits per heavy atom. The molecule has 0 aliphatic rings. The monoisotopic (exact) mass is 360 g/mol. The molecule has 3 rings (SSSR count). The maximum atomic E-state index is 10.0. The molecule has 3 N–H and O–H groups in total. The number of benzene rings is 2. The van der Waals surface area contributed by atoms with Crippen molar-refractivity contribution < 1.29 is 14.9 Å². The normalized spacial score (nSPS) is 10.6. The van der Waals surface area contributed by atoms with Crippen molar-refractivity contribution in [2.75, 3.05) is 0 Å². The van der Waals surface area contributed by atoms with Gasteiger partial charge in [-0.15, -0.1) is 0 Å². The lowest BCUT2D eigenvalue weighted by atomic mass is 10.1. The van der Waals surface area contributed by atoms with Gasteiger partial charge in [0.2, 0.25) is 0 Å². The maximum absolute atomic E-state index is 10.0. The molecule has 6 heteroatoms. The van der Waals surface area contributed by atoms with E-state index in [4.69, 9.17) is 4.74 Å². The largest absolute Gasteiger partial charge is 0.507 e. The topological polar surface area (TPSA) is 78.4 Å². The van der Waals surface area contributed by atoms with E-state index in [1.807, 2.05) is 31.2 Å². The zero-order valence-electron chi connectivity index (χ0n) is 11.7. The third kappa shape index (κ3) is 2.78. The Hall–Kier alpha value is -2.47. The van der Waals surface area contributed by atoms with E-state index in [-0.39, 0.29) is 11.5 Å². The Morgan fingerprint density at radius 2 is 1.95 bits per heavy atom. The van der Waals surface area contributed by atoms with E-state index in [1.165, 1.54) is 6.07 Å². The van der Waals surface area contributed by atoms with Gasteiger partial charge in [0.1, 0.15) is 22.9 Å². The Morgan fingerprint density at radius 3 is 2.73 bits per heavy atom. The lowest BCUT2D eigenvalue weighted by Crippen LogP contribution is -1.88. The minimum absolute atomic E-state index is 0.0436. The molecule has 0 bridgehead atoms. The van der Waals surface area contributed by atoms with Gasteiger partial charge in [0.25, 0.3) is 0 Å². The second-order valence-corrected chi connectivity index (χ2v) is 5.69. The molecule has 5 nitrogen and oxygen atoms in total. The van der Waals surface area contributed by atoms with Crippen molar-refractivity contribution in [2.24, 2.45) is 0 Å². The van der Waals surface area contributed by atoms with Crippen LogP contribution >= 0.6 is 15.9 Å². The number of aromatic nitrogens is 2. The number of aryl methyl sites for hydroxylation is 1. The van der Waals surface area contributed by atoms with Gasteiger partial charge in [-0.3, -0.25) is 5.10 Å². The molecule has 0 saturated carbocycles. The van der Waals surface area contributed by atoms with Crippen LogP contribution in [-0.2, 0) is 0 Å². The van der Waals surface area contributed by atoms with E-state index in [0.29, 0.717) is 27.2 Å². The Bertz CT molecular complexity index is 830. The van der Waals surface area contributed by atoms with Crippen molar-refractivity contribution in [3.05, 3.63) is 52.6 Å². The molecular formula is C16H13BrN2O3. The SMILES string of the molecule is Cc1cccc(Oc2c[nH]nc2-c2cc(Br)c(O)cc2O)c1. The average Bonchev–Trinajstić information content (AvgIpc) is 2.91. The summed E-state index contributed by atoms with van der Waals surface area (Å²) in [5.74, 6) is 1.04. The van der Waals surface area contributed by atoms with E-state index in [9.17, 15) is 10.2 Å². The van der Waals surface area contributed by atoms with Crippen LogP contribution in [0.1, 0.15) is 5.56 Å². The number of halogens is 1. The Balaban J connectivity index is 2.01. The highest BCUT2D eigenvalue weighted by molar-refractivity contribution is 9.10. The molecule has 112 valence electrons. The molecule has 2 aromatic carbocycles. The molecule has 1 aromatic heterocycles. The van der Waals surface area contributed by atoms with E-state index in [2.05, 4.69) is 26.1 Å². The van der Waals surface area contributed by atoms with E-state index in [0.717, 1.165) is 5.56 Å². The lowest BCUT2D eigenvalue weighted by Gasteiger charge is -2.08. The number of nitrogens with zero attached hydrogens (tertiary/aromatic N) is 1. The molecule has 0 radical (unpaired) electrons. The van der Waals surface area contributed by atoms with Crippen molar-refractivity contribution in [1.82, 2.24) is 10.2 Å². The summed E-state index contributed by atoms with van der Waals surface area (Å²) in [5, 5.41) is 26.5. The molecule has 0 fully saturated rings. The van der Waals surface area contributed by atoms with Crippen molar-refractivity contribution in [3.63, 3.8) is 0 Å². The summed E-state index contributed by atoms with van der Waals surface area (Å²) in [5.41, 5.74) is 1.99. The Kier molecular flexibility index (Phi) is 3.77. The number of hydrogen-bond donors (Lipinski definition) is 3. The minimum Gasteiger partial charge on any atom is -0.507 e. The minimum atomic E-state index is -0.0816. The van der Waals surface area contributed by atoms with Crippen LogP contribution in [0.2, 0.25) is 0 Å². The van der Waals surface area contributed by atoms with Crippen molar-refractivity contribution in [3.8, 4) is 34.3 Å². The van der Waals surface area contributed by atoms with E-state index < -0.39 is 0 Å². The first-order valence-corrected chi connectivity index (χ1v) is 7.34. The zero-order chi connectivity index (χ0) is 15.7. The molecule has 0 saturated heterocycles. The third-order valence-corrected chi connectivity index (χ3v) is 3.78. The summed E-state index contributed by atoms with van der Waals surface area (Å²) in [7, 11) is 0. The number of rotatable bonds is 3.